The van der Waals surface area contributed by atoms with E-state index in [0.717, 1.165) is 19.3 Å². The number of amides is 1. The van der Waals surface area contributed by atoms with Crippen LogP contribution in [0.25, 0.3) is 0 Å². The van der Waals surface area contributed by atoms with E-state index in [2.05, 4.69) is 0 Å². The minimum Gasteiger partial charge on any atom is -0.382 e. The third kappa shape index (κ3) is 3.63. The maximum absolute atomic E-state index is 12.6. The molecule has 0 radical (unpaired) electrons. The molecule has 1 amide bonds. The van der Waals surface area contributed by atoms with Crippen LogP contribution in [0.5, 0.6) is 0 Å². The molecule has 0 aromatic rings. The molecule has 2 saturated heterocycles. The van der Waals surface area contributed by atoms with Crippen LogP contribution in [-0.4, -0.2) is 65.3 Å². The number of hydrogen-bond donors (Lipinski definition) is 1. The Balaban J connectivity index is 1.92. The third-order valence-corrected chi connectivity index (χ3v) is 4.16. The van der Waals surface area contributed by atoms with Crippen molar-refractivity contribution >= 4 is 5.91 Å². The first-order valence-corrected chi connectivity index (χ1v) is 7.16. The Morgan fingerprint density at radius 1 is 1.15 bits per heavy atom. The zero-order valence-corrected chi connectivity index (χ0v) is 11.4. The van der Waals surface area contributed by atoms with Crippen LogP contribution in [0.4, 0.5) is 13.2 Å². The second-order valence-electron chi connectivity index (χ2n) is 5.61. The minimum atomic E-state index is -4.62. The maximum atomic E-state index is 12.6. The summed E-state index contributed by atoms with van der Waals surface area (Å²) in [6.07, 6.45) is -3.09. The molecule has 2 fully saturated rings. The van der Waals surface area contributed by atoms with Crippen LogP contribution in [-0.2, 0) is 4.79 Å². The summed E-state index contributed by atoms with van der Waals surface area (Å²) in [6, 6.07) is -0.983. The van der Waals surface area contributed by atoms with Gasteiger partial charge in [0.25, 0.3) is 0 Å². The van der Waals surface area contributed by atoms with Crippen LogP contribution in [0.3, 0.4) is 0 Å². The van der Waals surface area contributed by atoms with E-state index in [0.29, 0.717) is 26.1 Å². The molecule has 2 aliphatic heterocycles. The van der Waals surface area contributed by atoms with E-state index >= 15 is 0 Å². The molecule has 7 heteroatoms. The number of carbonyl (C=O) groups is 1. The van der Waals surface area contributed by atoms with Gasteiger partial charge in [0, 0.05) is 19.1 Å². The molecule has 0 saturated carbocycles. The first-order valence-electron chi connectivity index (χ1n) is 7.16. The van der Waals surface area contributed by atoms with Gasteiger partial charge in [0.2, 0.25) is 5.91 Å². The summed E-state index contributed by atoms with van der Waals surface area (Å²) in [5.74, 6) is -0.119. The molecule has 20 heavy (non-hydrogen) atoms. The highest BCUT2D eigenvalue weighted by molar-refractivity contribution is 5.78. The molecule has 0 bridgehead atoms. The average Bonchev–Trinajstić information content (AvgIpc) is 2.85. The van der Waals surface area contributed by atoms with Gasteiger partial charge in [0.05, 0.1) is 6.54 Å². The molecule has 0 unspecified atom stereocenters. The lowest BCUT2D eigenvalue weighted by Gasteiger charge is -2.32. The fraction of sp³-hybridized carbons (Fsp3) is 0.923. The van der Waals surface area contributed by atoms with Gasteiger partial charge < -0.3 is 10.0 Å². The lowest BCUT2D eigenvalue weighted by Crippen LogP contribution is -2.50. The molecule has 0 spiro atoms. The minimum absolute atomic E-state index is 0.0161. The predicted octanol–water partition coefficient (Wildman–Crippen LogP) is 1.39. The van der Waals surface area contributed by atoms with Crippen LogP contribution in [0.2, 0.25) is 0 Å². The highest BCUT2D eigenvalue weighted by atomic mass is 19.4. The number of aliphatic hydroxyl groups is 1. The largest absolute Gasteiger partial charge is 0.415 e. The molecule has 0 aliphatic carbocycles. The Bertz CT molecular complexity index is 343. The van der Waals surface area contributed by atoms with E-state index in [1.165, 1.54) is 4.90 Å². The van der Waals surface area contributed by atoms with E-state index in [1.807, 2.05) is 0 Å². The van der Waals surface area contributed by atoms with Crippen LogP contribution < -0.4 is 0 Å². The zero-order valence-electron chi connectivity index (χ0n) is 11.4. The Labute approximate surface area is 116 Å². The molecule has 0 aromatic heterocycles. The zero-order chi connectivity index (χ0) is 14.8. The van der Waals surface area contributed by atoms with Crippen molar-refractivity contribution in [1.82, 2.24) is 9.80 Å². The van der Waals surface area contributed by atoms with Crippen molar-refractivity contribution in [3.05, 3.63) is 0 Å². The monoisotopic (exact) mass is 294 g/mol. The standard InChI is InChI=1S/C13H21F3N2O2/c14-13(15,16)12(20)10-5-4-8-18(10)9-11(19)17-6-2-1-3-7-17/h10,12,20H,1-9H2/t10-,12-/m1/s1. The fourth-order valence-electron chi connectivity index (χ4n) is 3.04. The maximum Gasteiger partial charge on any atom is 0.415 e. The number of piperidine rings is 1. The number of hydrogen-bond acceptors (Lipinski definition) is 3. The predicted molar refractivity (Wildman–Crippen MR) is 67.1 cm³/mol. The van der Waals surface area contributed by atoms with Gasteiger partial charge in [0.1, 0.15) is 0 Å². The van der Waals surface area contributed by atoms with Crippen molar-refractivity contribution in [1.29, 1.82) is 0 Å². The van der Waals surface area contributed by atoms with Gasteiger partial charge in [-0.05, 0) is 38.6 Å². The summed E-state index contributed by atoms with van der Waals surface area (Å²) in [5.41, 5.74) is 0. The molecule has 2 rings (SSSR count). The second-order valence-corrected chi connectivity index (χ2v) is 5.61. The van der Waals surface area contributed by atoms with Gasteiger partial charge in [-0.3, -0.25) is 9.69 Å². The summed E-state index contributed by atoms with van der Waals surface area (Å²) in [5, 5.41) is 9.39. The van der Waals surface area contributed by atoms with Crippen molar-refractivity contribution in [2.45, 2.75) is 50.4 Å². The first kappa shape index (κ1) is 15.6. The smallest absolute Gasteiger partial charge is 0.382 e. The average molecular weight is 294 g/mol. The molecule has 2 heterocycles. The van der Waals surface area contributed by atoms with Crippen LogP contribution in [0.15, 0.2) is 0 Å². The molecule has 4 nitrogen and oxygen atoms in total. The van der Waals surface area contributed by atoms with Crippen LogP contribution in [0, 0.1) is 0 Å². The van der Waals surface area contributed by atoms with Crippen molar-refractivity contribution in [2.75, 3.05) is 26.2 Å². The summed E-state index contributed by atoms with van der Waals surface area (Å²) in [7, 11) is 0. The van der Waals surface area contributed by atoms with E-state index in [-0.39, 0.29) is 18.9 Å². The molecule has 1 N–H and O–H groups in total. The topological polar surface area (TPSA) is 43.8 Å². The summed E-state index contributed by atoms with van der Waals surface area (Å²) >= 11 is 0. The van der Waals surface area contributed by atoms with E-state index in [9.17, 15) is 23.1 Å². The number of alkyl halides is 3. The summed E-state index contributed by atoms with van der Waals surface area (Å²) < 4.78 is 37.8. The number of nitrogens with zero attached hydrogens (tertiary/aromatic N) is 2. The fourth-order valence-corrected chi connectivity index (χ4v) is 3.04. The quantitative estimate of drug-likeness (QED) is 0.855. The highest BCUT2D eigenvalue weighted by Crippen LogP contribution is 2.30. The van der Waals surface area contributed by atoms with Gasteiger partial charge in [-0.15, -0.1) is 0 Å². The molecule has 2 atom stereocenters. The number of aliphatic hydroxyl groups excluding tert-OH is 1. The van der Waals surface area contributed by atoms with Crippen molar-refractivity contribution in [2.24, 2.45) is 0 Å². The summed E-state index contributed by atoms with van der Waals surface area (Å²) in [6.45, 7) is 1.81. The van der Waals surface area contributed by atoms with Gasteiger partial charge in [0.15, 0.2) is 6.10 Å². The van der Waals surface area contributed by atoms with E-state index < -0.39 is 18.3 Å². The molecular formula is C13H21F3N2O2. The Morgan fingerprint density at radius 3 is 2.40 bits per heavy atom. The Kier molecular flexibility index (Phi) is 4.90. The molecule has 2 aliphatic rings. The lowest BCUT2D eigenvalue weighted by atomic mass is 10.1. The normalized spacial score (nSPS) is 26.8. The first-order chi connectivity index (χ1) is 9.39. The highest BCUT2D eigenvalue weighted by Gasteiger charge is 2.47. The van der Waals surface area contributed by atoms with E-state index in [4.69, 9.17) is 0 Å². The van der Waals surface area contributed by atoms with Crippen molar-refractivity contribution in [3.8, 4) is 0 Å². The van der Waals surface area contributed by atoms with Gasteiger partial charge in [-0.1, -0.05) is 0 Å². The number of rotatable bonds is 3. The third-order valence-electron chi connectivity index (χ3n) is 4.16. The number of likely N-dealkylation sites (tertiary alicyclic amines) is 2. The lowest BCUT2D eigenvalue weighted by molar-refractivity contribution is -0.219. The van der Waals surface area contributed by atoms with Crippen molar-refractivity contribution < 1.29 is 23.1 Å². The van der Waals surface area contributed by atoms with E-state index in [1.54, 1.807) is 4.90 Å². The molecule has 0 aromatic carbocycles. The van der Waals surface area contributed by atoms with Crippen LogP contribution in [0.1, 0.15) is 32.1 Å². The Morgan fingerprint density at radius 2 is 1.80 bits per heavy atom. The summed E-state index contributed by atoms with van der Waals surface area (Å²) in [4.78, 5) is 15.3. The van der Waals surface area contributed by atoms with Gasteiger partial charge in [-0.25, -0.2) is 0 Å². The number of halogens is 3. The Hall–Kier alpha value is -0.820. The number of carbonyl (C=O) groups excluding carboxylic acids is 1. The van der Waals surface area contributed by atoms with Gasteiger partial charge in [-0.2, -0.15) is 13.2 Å². The SMILES string of the molecule is O=C(CN1CCC[C@@H]1[C@@H](O)C(F)(F)F)N1CCCCC1. The second kappa shape index (κ2) is 6.30. The van der Waals surface area contributed by atoms with Gasteiger partial charge >= 0.3 is 6.18 Å². The molecule has 116 valence electrons. The molecular weight excluding hydrogens is 273 g/mol. The van der Waals surface area contributed by atoms with Crippen LogP contribution >= 0.6 is 0 Å². The van der Waals surface area contributed by atoms with Crippen molar-refractivity contribution in [3.63, 3.8) is 0 Å².